The van der Waals surface area contributed by atoms with E-state index in [1.54, 1.807) is 20.1 Å². The molecule has 2 aliphatic rings. The van der Waals surface area contributed by atoms with Crippen LogP contribution in [0.4, 0.5) is 14.5 Å². The van der Waals surface area contributed by atoms with Gasteiger partial charge in [-0.15, -0.1) is 10.2 Å². The number of sulfonamides is 1. The topological polar surface area (TPSA) is 124 Å². The standard InChI is InChI=1S/C21H27F2N7O4S2/c1-12-6-29(7-13(25-12)8-33-3)15-4-14(36(31,32)28-21(2)9-34-10-21)5-16-17(15)24-11-30(16)20-27-26-19(35-20)18(22)23/h4-5,11-13,18,25,28H,6-10H2,1-3H3/t12-,13-/m1/s1. The van der Waals surface area contributed by atoms with Crippen LogP contribution in [0.1, 0.15) is 25.3 Å². The molecule has 0 aliphatic carbocycles. The van der Waals surface area contributed by atoms with E-state index in [2.05, 4.69) is 30.1 Å². The molecule has 2 aliphatic heterocycles. The summed E-state index contributed by atoms with van der Waals surface area (Å²) in [5.74, 6) is 0. The monoisotopic (exact) mass is 543 g/mol. The molecule has 0 amide bonds. The average molecular weight is 544 g/mol. The first-order valence-corrected chi connectivity index (χ1v) is 13.6. The Morgan fingerprint density at radius 2 is 2.11 bits per heavy atom. The van der Waals surface area contributed by atoms with Crippen LogP contribution >= 0.6 is 11.3 Å². The maximum Gasteiger partial charge on any atom is 0.291 e. The summed E-state index contributed by atoms with van der Waals surface area (Å²) in [4.78, 5) is 6.64. The molecule has 0 radical (unpaired) electrons. The molecule has 5 rings (SSSR count). The third-order valence-corrected chi connectivity index (χ3v) is 8.67. The predicted molar refractivity (Wildman–Crippen MR) is 130 cm³/mol. The molecular weight excluding hydrogens is 516 g/mol. The van der Waals surface area contributed by atoms with Gasteiger partial charge in [-0.2, -0.15) is 0 Å². The highest BCUT2D eigenvalue weighted by Gasteiger charge is 2.38. The summed E-state index contributed by atoms with van der Waals surface area (Å²) in [6.45, 7) is 6.02. The number of imidazole rings is 1. The maximum atomic E-state index is 13.4. The molecule has 36 heavy (non-hydrogen) atoms. The van der Waals surface area contributed by atoms with Gasteiger partial charge in [0.05, 0.1) is 41.5 Å². The minimum Gasteiger partial charge on any atom is -0.383 e. The van der Waals surface area contributed by atoms with E-state index in [4.69, 9.17) is 9.47 Å². The van der Waals surface area contributed by atoms with Gasteiger partial charge in [-0.3, -0.25) is 4.57 Å². The third kappa shape index (κ3) is 4.82. The number of piperazine rings is 1. The molecule has 1 aromatic carbocycles. The van der Waals surface area contributed by atoms with Crippen LogP contribution < -0.4 is 14.9 Å². The number of fused-ring (bicyclic) bond motifs is 1. The van der Waals surface area contributed by atoms with Crippen molar-refractivity contribution in [3.63, 3.8) is 0 Å². The lowest BCUT2D eigenvalue weighted by Gasteiger charge is -2.39. The largest absolute Gasteiger partial charge is 0.383 e. The molecule has 3 aromatic rings. The minimum atomic E-state index is -3.94. The fourth-order valence-corrected chi connectivity index (χ4v) is 6.66. The fraction of sp³-hybridized carbons (Fsp3) is 0.571. The zero-order chi connectivity index (χ0) is 25.7. The number of aromatic nitrogens is 4. The summed E-state index contributed by atoms with van der Waals surface area (Å²) in [6, 6.07) is 3.23. The quantitative estimate of drug-likeness (QED) is 0.437. The molecule has 0 bridgehead atoms. The van der Waals surface area contributed by atoms with Gasteiger partial charge < -0.3 is 19.7 Å². The minimum absolute atomic E-state index is 0.0251. The second-order valence-corrected chi connectivity index (χ2v) is 12.1. The van der Waals surface area contributed by atoms with Gasteiger partial charge in [0.25, 0.3) is 6.43 Å². The van der Waals surface area contributed by atoms with E-state index in [0.717, 1.165) is 11.3 Å². The van der Waals surface area contributed by atoms with Crippen LogP contribution in [0.15, 0.2) is 23.4 Å². The maximum absolute atomic E-state index is 13.4. The van der Waals surface area contributed by atoms with Crippen LogP contribution in [-0.2, 0) is 19.5 Å². The summed E-state index contributed by atoms with van der Waals surface area (Å²) < 4.78 is 68.0. The lowest BCUT2D eigenvalue weighted by molar-refractivity contribution is -0.0523. The summed E-state index contributed by atoms with van der Waals surface area (Å²) in [7, 11) is -2.32. The highest BCUT2D eigenvalue weighted by atomic mass is 32.2. The molecule has 0 unspecified atom stereocenters. The van der Waals surface area contributed by atoms with Crippen molar-refractivity contribution in [2.24, 2.45) is 0 Å². The van der Waals surface area contributed by atoms with Gasteiger partial charge in [0.15, 0.2) is 5.01 Å². The molecule has 2 N–H and O–H groups in total. The zero-order valence-electron chi connectivity index (χ0n) is 19.9. The highest BCUT2D eigenvalue weighted by molar-refractivity contribution is 7.89. The van der Waals surface area contributed by atoms with Gasteiger partial charge in [-0.1, -0.05) is 11.3 Å². The van der Waals surface area contributed by atoms with Gasteiger partial charge in [0, 0.05) is 32.3 Å². The van der Waals surface area contributed by atoms with Gasteiger partial charge >= 0.3 is 0 Å². The van der Waals surface area contributed by atoms with Gasteiger partial charge in [-0.05, 0) is 26.0 Å². The van der Waals surface area contributed by atoms with E-state index >= 15 is 0 Å². The van der Waals surface area contributed by atoms with Crippen LogP contribution in [0.3, 0.4) is 0 Å². The summed E-state index contributed by atoms with van der Waals surface area (Å²) in [5, 5.41) is 10.7. The molecule has 2 fully saturated rings. The first-order chi connectivity index (χ1) is 17.1. The lowest BCUT2D eigenvalue weighted by atomic mass is 10.0. The van der Waals surface area contributed by atoms with Crippen LogP contribution in [0, 0.1) is 0 Å². The molecule has 0 saturated carbocycles. The molecule has 2 saturated heterocycles. The highest BCUT2D eigenvalue weighted by Crippen LogP contribution is 2.34. The van der Waals surface area contributed by atoms with Crippen LogP contribution in [0.25, 0.3) is 16.2 Å². The van der Waals surface area contributed by atoms with E-state index in [0.29, 0.717) is 36.4 Å². The third-order valence-electron chi connectivity index (χ3n) is 6.12. The normalized spacial score (nSPS) is 22.3. The molecule has 2 atom stereocenters. The average Bonchev–Trinajstić information content (AvgIpc) is 3.44. The first-order valence-electron chi connectivity index (χ1n) is 11.3. The summed E-state index contributed by atoms with van der Waals surface area (Å²) >= 11 is 0.727. The SMILES string of the molecule is COC[C@H]1CN(c2cc(S(=O)(=O)NC3(C)COC3)cc3c2ncn3-c2nnc(C(F)F)s2)C[C@@H](C)N1. The number of hydrogen-bond acceptors (Lipinski definition) is 10. The molecule has 11 nitrogen and oxygen atoms in total. The molecular formula is C21H27F2N7O4S2. The first kappa shape index (κ1) is 25.4. The number of ether oxygens (including phenoxy) is 2. The molecule has 196 valence electrons. The number of anilines is 1. The molecule has 4 heterocycles. The Bertz CT molecular complexity index is 1360. The van der Waals surface area contributed by atoms with Gasteiger partial charge in [0.2, 0.25) is 15.2 Å². The van der Waals surface area contributed by atoms with Crippen molar-refractivity contribution >= 4 is 38.1 Å². The van der Waals surface area contributed by atoms with Crippen molar-refractivity contribution in [3.05, 3.63) is 23.5 Å². The van der Waals surface area contributed by atoms with Crippen molar-refractivity contribution in [1.82, 2.24) is 29.8 Å². The number of halogens is 2. The molecule has 15 heteroatoms. The second kappa shape index (κ2) is 9.54. The number of benzene rings is 1. The Kier molecular flexibility index (Phi) is 6.72. The summed E-state index contributed by atoms with van der Waals surface area (Å²) in [5.41, 5.74) is 0.877. The summed E-state index contributed by atoms with van der Waals surface area (Å²) in [6.07, 6.45) is -1.31. The fourth-order valence-electron chi connectivity index (χ4n) is 4.56. The van der Waals surface area contributed by atoms with E-state index < -0.39 is 27.0 Å². The molecule has 2 aromatic heterocycles. The van der Waals surface area contributed by atoms with Crippen LogP contribution in [0.5, 0.6) is 0 Å². The van der Waals surface area contributed by atoms with E-state index in [9.17, 15) is 17.2 Å². The van der Waals surface area contributed by atoms with Crippen molar-refractivity contribution in [1.29, 1.82) is 0 Å². The number of nitrogens with zero attached hydrogens (tertiary/aromatic N) is 5. The van der Waals surface area contributed by atoms with Crippen molar-refractivity contribution in [2.75, 3.05) is 44.9 Å². The van der Waals surface area contributed by atoms with Crippen molar-refractivity contribution in [3.8, 4) is 5.13 Å². The van der Waals surface area contributed by atoms with E-state index in [1.807, 2.05) is 6.92 Å². The number of hydrogen-bond donors (Lipinski definition) is 2. The Morgan fingerprint density at radius 1 is 1.33 bits per heavy atom. The Morgan fingerprint density at radius 3 is 2.75 bits per heavy atom. The number of methoxy groups -OCH3 is 1. The number of nitrogens with one attached hydrogen (secondary N) is 2. The van der Waals surface area contributed by atoms with Crippen LogP contribution in [0.2, 0.25) is 0 Å². The van der Waals surface area contributed by atoms with E-state index in [-0.39, 0.29) is 35.3 Å². The predicted octanol–water partition coefficient (Wildman–Crippen LogP) is 1.69. The molecule has 0 spiro atoms. The second-order valence-electron chi connectivity index (χ2n) is 9.43. The number of alkyl halides is 2. The Balaban J connectivity index is 1.63. The zero-order valence-corrected chi connectivity index (χ0v) is 21.6. The van der Waals surface area contributed by atoms with Gasteiger partial charge in [0.1, 0.15) is 11.8 Å². The smallest absolute Gasteiger partial charge is 0.291 e. The number of rotatable bonds is 8. The Hall–Kier alpha value is -2.30. The lowest BCUT2D eigenvalue weighted by Crippen LogP contribution is -2.59. The van der Waals surface area contributed by atoms with Gasteiger partial charge in [-0.25, -0.2) is 26.9 Å². The van der Waals surface area contributed by atoms with E-state index in [1.165, 1.54) is 17.0 Å². The van der Waals surface area contributed by atoms with Crippen LogP contribution in [-0.4, -0.2) is 85.8 Å². The van der Waals surface area contributed by atoms with Crippen molar-refractivity contribution in [2.45, 2.75) is 42.8 Å². The van der Waals surface area contributed by atoms with Crippen molar-refractivity contribution < 1.29 is 26.7 Å². The Labute approximate surface area is 210 Å².